The van der Waals surface area contributed by atoms with Gasteiger partial charge in [0.25, 0.3) is 10.0 Å². The molecule has 2 rings (SSSR count). The minimum Gasteiger partial charge on any atom is -0.478 e. The monoisotopic (exact) mass is 410 g/mol. The summed E-state index contributed by atoms with van der Waals surface area (Å²) in [5.74, 6) is -1.17. The summed E-state index contributed by atoms with van der Waals surface area (Å²) in [5, 5.41) is 10.8. The number of anilines is 1. The number of nitrogens with zero attached hydrogens (tertiary/aromatic N) is 1. The van der Waals surface area contributed by atoms with E-state index in [1.807, 2.05) is 22.6 Å². The Kier molecular flexibility index (Phi) is 4.06. The molecule has 1 aromatic heterocycles. The predicted octanol–water partition coefficient (Wildman–Crippen LogP) is 2.25. The van der Waals surface area contributed by atoms with Crippen LogP contribution >= 0.6 is 33.9 Å². The van der Waals surface area contributed by atoms with Gasteiger partial charge in [-0.15, -0.1) is 11.3 Å². The number of hydrogen-bond donors (Lipinski definition) is 2. The summed E-state index contributed by atoms with van der Waals surface area (Å²) in [6.07, 6.45) is 1.47. The second-order valence-corrected chi connectivity index (χ2v) is 7.13. The van der Waals surface area contributed by atoms with E-state index in [-0.39, 0.29) is 15.6 Å². The van der Waals surface area contributed by atoms with Crippen LogP contribution < -0.4 is 4.72 Å². The van der Waals surface area contributed by atoms with Crippen LogP contribution in [0.4, 0.5) is 5.13 Å². The Morgan fingerprint density at radius 2 is 2.16 bits per heavy atom. The maximum absolute atomic E-state index is 12.0. The second kappa shape index (κ2) is 5.43. The van der Waals surface area contributed by atoms with Gasteiger partial charge in [0, 0.05) is 15.1 Å². The Morgan fingerprint density at radius 1 is 1.42 bits per heavy atom. The first-order valence-corrected chi connectivity index (χ1v) is 8.29. The Balaban J connectivity index is 2.41. The number of carboxylic acids is 1. The SMILES string of the molecule is O=C(O)c1cc(S(=O)(=O)Nc2nccs2)ccc1I. The topological polar surface area (TPSA) is 96.4 Å². The normalized spacial score (nSPS) is 11.2. The zero-order valence-corrected chi connectivity index (χ0v) is 13.0. The third-order valence-corrected chi connectivity index (χ3v) is 5.23. The van der Waals surface area contributed by atoms with E-state index in [1.54, 1.807) is 5.38 Å². The van der Waals surface area contributed by atoms with E-state index >= 15 is 0 Å². The van der Waals surface area contributed by atoms with E-state index in [2.05, 4.69) is 9.71 Å². The maximum Gasteiger partial charge on any atom is 0.336 e. The summed E-state index contributed by atoms with van der Waals surface area (Å²) >= 11 is 2.98. The van der Waals surface area contributed by atoms with Gasteiger partial charge in [-0.1, -0.05) is 0 Å². The van der Waals surface area contributed by atoms with E-state index in [4.69, 9.17) is 5.11 Å². The number of halogens is 1. The summed E-state index contributed by atoms with van der Waals surface area (Å²) in [7, 11) is -3.82. The summed E-state index contributed by atoms with van der Waals surface area (Å²) in [4.78, 5) is 14.7. The third-order valence-electron chi connectivity index (χ3n) is 2.13. The molecule has 0 atom stereocenters. The molecule has 0 unspecified atom stereocenters. The minimum atomic E-state index is -3.82. The summed E-state index contributed by atoms with van der Waals surface area (Å²) in [5.41, 5.74) is -0.0531. The number of rotatable bonds is 4. The van der Waals surface area contributed by atoms with Crippen molar-refractivity contribution < 1.29 is 18.3 Å². The molecule has 0 fully saturated rings. The fourth-order valence-electron chi connectivity index (χ4n) is 1.28. The van der Waals surface area contributed by atoms with Gasteiger partial charge >= 0.3 is 5.97 Å². The van der Waals surface area contributed by atoms with E-state index < -0.39 is 16.0 Å². The molecular formula is C10H7IN2O4S2. The lowest BCUT2D eigenvalue weighted by atomic mass is 10.2. The van der Waals surface area contributed by atoms with Crippen LogP contribution in [0, 0.1) is 3.57 Å². The van der Waals surface area contributed by atoms with Gasteiger partial charge in [0.1, 0.15) is 0 Å². The lowest BCUT2D eigenvalue weighted by Gasteiger charge is -2.07. The first kappa shape index (κ1) is 14.2. The molecule has 1 aromatic carbocycles. The number of carbonyl (C=O) groups is 1. The van der Waals surface area contributed by atoms with E-state index in [9.17, 15) is 13.2 Å². The molecule has 0 aliphatic rings. The molecule has 0 spiro atoms. The van der Waals surface area contributed by atoms with Crippen molar-refractivity contribution in [2.75, 3.05) is 4.72 Å². The molecule has 0 saturated carbocycles. The number of aromatic nitrogens is 1. The Morgan fingerprint density at radius 3 is 2.74 bits per heavy atom. The quantitative estimate of drug-likeness (QED) is 0.754. The van der Waals surface area contributed by atoms with Gasteiger partial charge in [0.2, 0.25) is 0 Å². The van der Waals surface area contributed by atoms with Crippen LogP contribution in [0.15, 0.2) is 34.7 Å². The van der Waals surface area contributed by atoms with Crippen LogP contribution in [0.25, 0.3) is 0 Å². The Bertz CT molecular complexity index is 713. The molecule has 100 valence electrons. The molecule has 19 heavy (non-hydrogen) atoms. The average molecular weight is 410 g/mol. The van der Waals surface area contributed by atoms with Crippen molar-refractivity contribution in [3.63, 3.8) is 0 Å². The van der Waals surface area contributed by atoms with Gasteiger partial charge < -0.3 is 5.11 Å². The zero-order valence-electron chi connectivity index (χ0n) is 9.20. The number of nitrogens with one attached hydrogen (secondary N) is 1. The van der Waals surface area contributed by atoms with Gasteiger partial charge in [0.15, 0.2) is 5.13 Å². The number of aromatic carboxylic acids is 1. The lowest BCUT2D eigenvalue weighted by Crippen LogP contribution is -2.14. The molecule has 0 amide bonds. The van der Waals surface area contributed by atoms with Gasteiger partial charge in [-0.25, -0.2) is 18.2 Å². The second-order valence-electron chi connectivity index (χ2n) is 3.39. The molecule has 2 aromatic rings. The highest BCUT2D eigenvalue weighted by molar-refractivity contribution is 14.1. The molecule has 0 aliphatic heterocycles. The van der Waals surface area contributed by atoms with Crippen LogP contribution in [-0.2, 0) is 10.0 Å². The van der Waals surface area contributed by atoms with Crippen molar-refractivity contribution in [2.45, 2.75) is 4.90 Å². The zero-order chi connectivity index (χ0) is 14.0. The smallest absolute Gasteiger partial charge is 0.336 e. The van der Waals surface area contributed by atoms with Gasteiger partial charge in [-0.3, -0.25) is 4.72 Å². The number of thiazole rings is 1. The van der Waals surface area contributed by atoms with Crippen molar-refractivity contribution >= 4 is 55.1 Å². The number of sulfonamides is 1. The largest absolute Gasteiger partial charge is 0.478 e. The first-order valence-electron chi connectivity index (χ1n) is 4.85. The van der Waals surface area contributed by atoms with Gasteiger partial charge in [-0.05, 0) is 40.8 Å². The first-order chi connectivity index (χ1) is 8.90. The fraction of sp³-hybridized carbons (Fsp3) is 0. The maximum atomic E-state index is 12.0. The van der Waals surface area contributed by atoms with Crippen LogP contribution in [-0.4, -0.2) is 24.5 Å². The number of carboxylic acid groups (broad SMARTS) is 1. The van der Waals surface area contributed by atoms with Crippen molar-refractivity contribution in [1.82, 2.24) is 4.98 Å². The molecule has 0 saturated heterocycles. The highest BCUT2D eigenvalue weighted by Gasteiger charge is 2.19. The average Bonchev–Trinajstić information content (AvgIpc) is 2.80. The highest BCUT2D eigenvalue weighted by atomic mass is 127. The van der Waals surface area contributed by atoms with Crippen molar-refractivity contribution in [3.8, 4) is 0 Å². The van der Waals surface area contributed by atoms with E-state index in [1.165, 1.54) is 18.3 Å². The molecule has 0 aliphatic carbocycles. The Labute approximate surface area is 126 Å². The number of benzene rings is 1. The van der Waals surface area contributed by atoms with Crippen molar-refractivity contribution in [2.24, 2.45) is 0 Å². The Hall–Kier alpha value is -1.20. The number of hydrogen-bond acceptors (Lipinski definition) is 5. The van der Waals surface area contributed by atoms with Crippen LogP contribution in [0.3, 0.4) is 0 Å². The summed E-state index contributed by atoms with van der Waals surface area (Å²) in [6.45, 7) is 0. The summed E-state index contributed by atoms with van der Waals surface area (Å²) in [6, 6.07) is 3.92. The van der Waals surface area contributed by atoms with Gasteiger partial charge in [-0.2, -0.15) is 0 Å². The molecule has 1 heterocycles. The van der Waals surface area contributed by atoms with Crippen molar-refractivity contribution in [1.29, 1.82) is 0 Å². The molecule has 0 radical (unpaired) electrons. The lowest BCUT2D eigenvalue weighted by molar-refractivity contribution is 0.0695. The molecule has 0 bridgehead atoms. The standard InChI is InChI=1S/C10H7IN2O4S2/c11-8-2-1-6(5-7(8)9(14)15)19(16,17)13-10-12-3-4-18-10/h1-5H,(H,12,13)(H,14,15). The third kappa shape index (κ3) is 3.22. The molecular weight excluding hydrogens is 403 g/mol. The molecule has 6 nitrogen and oxygen atoms in total. The summed E-state index contributed by atoms with van der Waals surface area (Å²) < 4.78 is 26.8. The van der Waals surface area contributed by atoms with E-state index in [0.29, 0.717) is 3.57 Å². The van der Waals surface area contributed by atoms with Crippen LogP contribution in [0.5, 0.6) is 0 Å². The van der Waals surface area contributed by atoms with E-state index in [0.717, 1.165) is 17.4 Å². The highest BCUT2D eigenvalue weighted by Crippen LogP contribution is 2.21. The van der Waals surface area contributed by atoms with Crippen LogP contribution in [0.2, 0.25) is 0 Å². The van der Waals surface area contributed by atoms with Gasteiger partial charge in [0.05, 0.1) is 10.5 Å². The molecule has 9 heteroatoms. The van der Waals surface area contributed by atoms with Crippen molar-refractivity contribution in [3.05, 3.63) is 38.9 Å². The predicted molar refractivity (Wildman–Crippen MR) is 79.0 cm³/mol. The van der Waals surface area contributed by atoms with Crippen LogP contribution in [0.1, 0.15) is 10.4 Å². The minimum absolute atomic E-state index is 0.0531. The molecule has 2 N–H and O–H groups in total. The fourth-order valence-corrected chi connectivity index (χ4v) is 3.66.